The van der Waals surface area contributed by atoms with Crippen LogP contribution in [0.15, 0.2) is 16.9 Å². The Labute approximate surface area is 118 Å². The second-order valence-corrected chi connectivity index (χ2v) is 4.70. The van der Waals surface area contributed by atoms with Gasteiger partial charge in [-0.05, 0) is 22.4 Å². The summed E-state index contributed by atoms with van der Waals surface area (Å²) in [6.45, 7) is 0.499. The number of carbonyl (C=O) groups is 1. The molecule has 0 aliphatic rings. The van der Waals surface area contributed by atoms with Crippen molar-refractivity contribution in [1.82, 2.24) is 4.98 Å². The van der Waals surface area contributed by atoms with Gasteiger partial charge in [0, 0.05) is 26.2 Å². The van der Waals surface area contributed by atoms with Crippen molar-refractivity contribution in [2.24, 2.45) is 0 Å². The largest absolute Gasteiger partial charge is 0.469 e. The molecule has 7 nitrogen and oxygen atoms in total. The van der Waals surface area contributed by atoms with Gasteiger partial charge in [-0.1, -0.05) is 0 Å². The molecule has 0 fully saturated rings. The molecule has 0 unspecified atom stereocenters. The van der Waals surface area contributed by atoms with E-state index in [1.165, 1.54) is 19.5 Å². The number of aromatic nitrogens is 1. The van der Waals surface area contributed by atoms with E-state index < -0.39 is 4.92 Å². The van der Waals surface area contributed by atoms with Gasteiger partial charge in [0.2, 0.25) is 0 Å². The molecule has 0 saturated carbocycles. The maximum atomic E-state index is 11.0. The Morgan fingerprint density at radius 2 is 2.26 bits per heavy atom. The molecule has 0 bridgehead atoms. The Morgan fingerprint density at radius 1 is 1.58 bits per heavy atom. The summed E-state index contributed by atoms with van der Waals surface area (Å²) in [6, 6.07) is 0. The standard InChI is InChI=1S/C11H14BrN3O4/c1-14(5-3-4-10(16)19-2)11-8(12)6-13-7-9(11)15(17)18/h6-7H,3-5H2,1-2H3. The zero-order chi connectivity index (χ0) is 14.4. The monoisotopic (exact) mass is 331 g/mol. The van der Waals surface area contributed by atoms with Crippen LogP contribution in [0.2, 0.25) is 0 Å². The fraction of sp³-hybridized carbons (Fsp3) is 0.455. The van der Waals surface area contributed by atoms with Gasteiger partial charge in [-0.15, -0.1) is 0 Å². The van der Waals surface area contributed by atoms with Crippen molar-refractivity contribution < 1.29 is 14.5 Å². The predicted octanol–water partition coefficient (Wildman–Crippen LogP) is 2.14. The number of methoxy groups -OCH3 is 1. The molecule has 0 radical (unpaired) electrons. The number of ether oxygens (including phenoxy) is 1. The van der Waals surface area contributed by atoms with E-state index in [0.29, 0.717) is 23.1 Å². The van der Waals surface area contributed by atoms with E-state index in [-0.39, 0.29) is 18.1 Å². The molecule has 19 heavy (non-hydrogen) atoms. The molecule has 104 valence electrons. The molecule has 0 spiro atoms. The van der Waals surface area contributed by atoms with Crippen molar-refractivity contribution in [3.63, 3.8) is 0 Å². The van der Waals surface area contributed by atoms with Crippen LogP contribution in [-0.4, -0.2) is 36.6 Å². The first kappa shape index (κ1) is 15.4. The number of rotatable bonds is 6. The van der Waals surface area contributed by atoms with Gasteiger partial charge in [-0.3, -0.25) is 19.9 Å². The molecule has 8 heteroatoms. The van der Waals surface area contributed by atoms with Gasteiger partial charge in [0.15, 0.2) is 0 Å². The summed E-state index contributed by atoms with van der Waals surface area (Å²) >= 11 is 3.25. The molecule has 1 aromatic heterocycles. The number of hydrogen-bond acceptors (Lipinski definition) is 6. The molecule has 0 aromatic carbocycles. The molecule has 1 heterocycles. The summed E-state index contributed by atoms with van der Waals surface area (Å²) in [4.78, 5) is 27.0. The highest BCUT2D eigenvalue weighted by atomic mass is 79.9. The van der Waals surface area contributed by atoms with Crippen LogP contribution in [0, 0.1) is 10.1 Å². The van der Waals surface area contributed by atoms with Crippen LogP contribution in [0.1, 0.15) is 12.8 Å². The lowest BCUT2D eigenvalue weighted by atomic mass is 10.2. The normalized spacial score (nSPS) is 10.1. The number of nitrogens with zero attached hydrogens (tertiary/aromatic N) is 3. The minimum absolute atomic E-state index is 0.0741. The zero-order valence-electron chi connectivity index (χ0n) is 10.6. The van der Waals surface area contributed by atoms with E-state index in [9.17, 15) is 14.9 Å². The summed E-state index contributed by atoms with van der Waals surface area (Å²) in [6.07, 6.45) is 3.53. The number of carbonyl (C=O) groups excluding carboxylic acids is 1. The van der Waals surface area contributed by atoms with Crippen LogP contribution in [0.4, 0.5) is 11.4 Å². The summed E-state index contributed by atoms with van der Waals surface area (Å²) in [5.41, 5.74) is 0.375. The molecular weight excluding hydrogens is 318 g/mol. The molecule has 0 N–H and O–H groups in total. The first-order valence-corrected chi connectivity index (χ1v) is 6.32. The van der Waals surface area contributed by atoms with Crippen LogP contribution in [0.25, 0.3) is 0 Å². The van der Waals surface area contributed by atoms with Crippen LogP contribution in [0.3, 0.4) is 0 Å². The smallest absolute Gasteiger partial charge is 0.311 e. The molecule has 0 atom stereocenters. The first-order chi connectivity index (χ1) is 8.97. The minimum atomic E-state index is -0.482. The van der Waals surface area contributed by atoms with Crippen LogP contribution < -0.4 is 4.90 Å². The quantitative estimate of drug-likeness (QED) is 0.451. The fourth-order valence-corrected chi connectivity index (χ4v) is 2.23. The Morgan fingerprint density at radius 3 is 2.84 bits per heavy atom. The second kappa shape index (κ2) is 7.03. The Hall–Kier alpha value is -1.70. The third kappa shape index (κ3) is 4.16. The number of halogens is 1. The molecule has 0 aliphatic heterocycles. The van der Waals surface area contributed by atoms with E-state index in [1.54, 1.807) is 11.9 Å². The van der Waals surface area contributed by atoms with Gasteiger partial charge in [0.25, 0.3) is 0 Å². The molecular formula is C11H14BrN3O4. The SMILES string of the molecule is COC(=O)CCCN(C)c1c(Br)cncc1[N+](=O)[O-]. The maximum absolute atomic E-state index is 11.0. The summed E-state index contributed by atoms with van der Waals surface area (Å²) in [5.74, 6) is -0.295. The molecule has 1 aromatic rings. The van der Waals surface area contributed by atoms with Crippen LogP contribution >= 0.6 is 15.9 Å². The third-order valence-electron chi connectivity index (χ3n) is 2.53. The number of pyridine rings is 1. The van der Waals surface area contributed by atoms with Gasteiger partial charge >= 0.3 is 11.7 Å². The number of hydrogen-bond donors (Lipinski definition) is 0. The van der Waals surface area contributed by atoms with Crippen molar-refractivity contribution in [1.29, 1.82) is 0 Å². The fourth-order valence-electron chi connectivity index (χ4n) is 1.60. The third-order valence-corrected chi connectivity index (χ3v) is 3.11. The molecule has 1 rings (SSSR count). The van der Waals surface area contributed by atoms with Crippen LogP contribution in [0.5, 0.6) is 0 Å². The Bertz CT molecular complexity index is 481. The van der Waals surface area contributed by atoms with Gasteiger partial charge in [-0.2, -0.15) is 0 Å². The molecule has 0 saturated heterocycles. The van der Waals surface area contributed by atoms with Crippen molar-refractivity contribution in [3.8, 4) is 0 Å². The lowest BCUT2D eigenvalue weighted by Crippen LogP contribution is -2.21. The van der Waals surface area contributed by atoms with Gasteiger partial charge in [0.1, 0.15) is 11.9 Å². The van der Waals surface area contributed by atoms with E-state index in [2.05, 4.69) is 25.7 Å². The number of esters is 1. The zero-order valence-corrected chi connectivity index (χ0v) is 12.2. The van der Waals surface area contributed by atoms with Crippen molar-refractivity contribution in [3.05, 3.63) is 27.0 Å². The van der Waals surface area contributed by atoms with E-state index in [0.717, 1.165) is 0 Å². The Balaban J connectivity index is 2.79. The highest BCUT2D eigenvalue weighted by Gasteiger charge is 2.20. The number of nitro groups is 1. The van der Waals surface area contributed by atoms with E-state index in [1.807, 2.05) is 0 Å². The van der Waals surface area contributed by atoms with Crippen LogP contribution in [-0.2, 0) is 9.53 Å². The van der Waals surface area contributed by atoms with Gasteiger partial charge in [0.05, 0.1) is 16.5 Å². The lowest BCUT2D eigenvalue weighted by Gasteiger charge is -2.19. The lowest BCUT2D eigenvalue weighted by molar-refractivity contribution is -0.384. The highest BCUT2D eigenvalue weighted by molar-refractivity contribution is 9.10. The minimum Gasteiger partial charge on any atom is -0.469 e. The highest BCUT2D eigenvalue weighted by Crippen LogP contribution is 2.33. The Kier molecular flexibility index (Phi) is 5.68. The van der Waals surface area contributed by atoms with Crippen molar-refractivity contribution in [2.45, 2.75) is 12.8 Å². The van der Waals surface area contributed by atoms with E-state index in [4.69, 9.17) is 0 Å². The molecule has 0 aliphatic carbocycles. The average molecular weight is 332 g/mol. The average Bonchev–Trinajstić information content (AvgIpc) is 2.37. The topological polar surface area (TPSA) is 85.6 Å². The number of anilines is 1. The maximum Gasteiger partial charge on any atom is 0.311 e. The van der Waals surface area contributed by atoms with Gasteiger partial charge in [-0.25, -0.2) is 0 Å². The predicted molar refractivity (Wildman–Crippen MR) is 73.1 cm³/mol. The second-order valence-electron chi connectivity index (χ2n) is 3.85. The first-order valence-electron chi connectivity index (χ1n) is 5.53. The van der Waals surface area contributed by atoms with Crippen molar-refractivity contribution >= 4 is 33.3 Å². The van der Waals surface area contributed by atoms with Crippen molar-refractivity contribution in [2.75, 3.05) is 25.6 Å². The van der Waals surface area contributed by atoms with Gasteiger partial charge < -0.3 is 9.64 Å². The summed E-state index contributed by atoms with van der Waals surface area (Å²) in [5, 5.41) is 11.0. The summed E-state index contributed by atoms with van der Waals surface area (Å²) < 4.78 is 5.08. The molecule has 0 amide bonds. The van der Waals surface area contributed by atoms with E-state index >= 15 is 0 Å². The summed E-state index contributed by atoms with van der Waals surface area (Å²) in [7, 11) is 3.06.